The second-order valence-electron chi connectivity index (χ2n) is 0.476. The Hall–Kier alpha value is 0.868. The van der Waals surface area contributed by atoms with Crippen molar-refractivity contribution in [1.82, 2.24) is 0 Å². The zero-order valence-electron chi connectivity index (χ0n) is 3.17. The maximum absolute atomic E-state index is 9.19. The molecular formula is O5PtS2. The first-order valence-electron chi connectivity index (χ1n) is 1.00. The van der Waals surface area contributed by atoms with Crippen molar-refractivity contribution in [3.05, 3.63) is 0 Å². The first-order valence-corrected chi connectivity index (χ1v) is 3.00. The molecule has 0 aromatic heterocycles. The Labute approximate surface area is 65.0 Å². The van der Waals surface area contributed by atoms with Crippen LogP contribution in [0.3, 0.4) is 0 Å². The van der Waals surface area contributed by atoms with E-state index in [0.29, 0.717) is 0 Å². The van der Waals surface area contributed by atoms with Crippen LogP contribution in [0.1, 0.15) is 0 Å². The molecule has 0 N–H and O–H groups in total. The molecule has 0 aliphatic heterocycles. The number of hydrogen-bond acceptors (Lipinski definition) is 5. The molecule has 0 atom stereocenters. The zero-order valence-corrected chi connectivity index (χ0v) is 7.08. The first-order chi connectivity index (χ1) is 3.13. The van der Waals surface area contributed by atoms with Crippen LogP contribution in [0, 0.1) is 0 Å². The summed E-state index contributed by atoms with van der Waals surface area (Å²) in [6.45, 7) is 0. The van der Waals surface area contributed by atoms with E-state index in [0.717, 1.165) is 0 Å². The Morgan fingerprint density at radius 3 is 1.38 bits per heavy atom. The van der Waals surface area contributed by atoms with Crippen molar-refractivity contribution in [3.63, 3.8) is 0 Å². The minimum atomic E-state index is -2.96. The molecule has 8 heteroatoms. The van der Waals surface area contributed by atoms with Crippen molar-refractivity contribution in [2.24, 2.45) is 0 Å². The number of rotatable bonds is 2. The molecule has 0 aromatic carbocycles. The van der Waals surface area contributed by atoms with Gasteiger partial charge in [0.1, 0.15) is 0 Å². The molecule has 0 aliphatic rings. The maximum Gasteiger partial charge on any atom is 2.00 e. The molecule has 0 aliphatic carbocycles. The standard InChI is InChI=1S/H2O5S2.Pt/c1-6(2)5-7(3)4;/h(H,1,2)(H,3,4);/q;+2/p-2. The normalized spacial score (nSPS) is 16.2. The van der Waals surface area contributed by atoms with Crippen LogP contribution in [-0.4, -0.2) is 17.5 Å². The van der Waals surface area contributed by atoms with Gasteiger partial charge in [-0.25, -0.2) is 12.0 Å². The summed E-state index contributed by atoms with van der Waals surface area (Å²) in [5.74, 6) is 0. The topological polar surface area (TPSA) is 89.5 Å². The predicted octanol–water partition coefficient (Wildman–Crippen LogP) is -1.41. The average molecular weight is 339 g/mol. The summed E-state index contributed by atoms with van der Waals surface area (Å²) in [4.78, 5) is 0. The fourth-order valence-corrected chi connectivity index (χ4v) is 0.408. The minimum Gasteiger partial charge on any atom is -0.749 e. The molecule has 52 valence electrons. The molecule has 0 amide bonds. The van der Waals surface area contributed by atoms with Crippen LogP contribution in [0.2, 0.25) is 0 Å². The summed E-state index contributed by atoms with van der Waals surface area (Å²) in [6.07, 6.45) is 0. The van der Waals surface area contributed by atoms with Crippen molar-refractivity contribution >= 4 is 22.7 Å². The molecule has 8 heavy (non-hydrogen) atoms. The zero-order chi connectivity index (χ0) is 5.86. The third-order valence-corrected chi connectivity index (χ3v) is 1.00. The molecule has 0 unspecified atom stereocenters. The molecule has 0 rings (SSSR count). The summed E-state index contributed by atoms with van der Waals surface area (Å²) in [6, 6.07) is 0. The molecule has 0 saturated carbocycles. The third-order valence-electron chi connectivity index (χ3n) is 0.111. The Kier molecular flexibility index (Phi) is 8.72. The van der Waals surface area contributed by atoms with Crippen LogP contribution in [0.25, 0.3) is 0 Å². The van der Waals surface area contributed by atoms with Crippen molar-refractivity contribution in [2.45, 2.75) is 0 Å². The van der Waals surface area contributed by atoms with Crippen molar-refractivity contribution < 1.29 is 42.2 Å². The second-order valence-corrected chi connectivity index (χ2v) is 1.84. The first kappa shape index (κ1) is 11.6. The van der Waals surface area contributed by atoms with Gasteiger partial charge in [0.2, 0.25) is 0 Å². The predicted molar refractivity (Wildman–Crippen MR) is 18.9 cm³/mol. The maximum atomic E-state index is 9.19. The quantitative estimate of drug-likeness (QED) is 0.577. The molecule has 5 nitrogen and oxygen atoms in total. The molecular weight excluding hydrogens is 339 g/mol. The molecule has 0 fully saturated rings. The monoisotopic (exact) mass is 339 g/mol. The Balaban J connectivity index is 0. The van der Waals surface area contributed by atoms with Crippen molar-refractivity contribution in [1.29, 1.82) is 0 Å². The smallest absolute Gasteiger partial charge is 0.749 e. The number of hydrogen-bond donors (Lipinski definition) is 0. The van der Waals surface area contributed by atoms with Crippen LogP contribution in [0.15, 0.2) is 0 Å². The van der Waals surface area contributed by atoms with E-state index in [1.54, 1.807) is 0 Å². The van der Waals surface area contributed by atoms with Crippen molar-refractivity contribution in [2.75, 3.05) is 0 Å². The van der Waals surface area contributed by atoms with Crippen LogP contribution in [0.5, 0.6) is 0 Å². The second kappa shape index (κ2) is 6.00. The Bertz CT molecular complexity index is 86.6. The molecule has 0 spiro atoms. The van der Waals surface area contributed by atoms with Crippen LogP contribution < -0.4 is 0 Å². The molecule has 0 bridgehead atoms. The van der Waals surface area contributed by atoms with E-state index in [1.807, 2.05) is 0 Å². The van der Waals surface area contributed by atoms with Gasteiger partial charge in [-0.1, -0.05) is 0 Å². The van der Waals surface area contributed by atoms with Gasteiger partial charge in [-0.15, -0.1) is 0 Å². The van der Waals surface area contributed by atoms with Crippen LogP contribution in [-0.2, 0) is 47.4 Å². The van der Waals surface area contributed by atoms with E-state index in [-0.39, 0.29) is 21.1 Å². The van der Waals surface area contributed by atoms with E-state index in [2.05, 4.69) is 3.63 Å². The van der Waals surface area contributed by atoms with Crippen LogP contribution in [0.4, 0.5) is 0 Å². The fourth-order valence-electron chi connectivity index (χ4n) is 0.0454. The van der Waals surface area contributed by atoms with E-state index in [4.69, 9.17) is 0 Å². The van der Waals surface area contributed by atoms with Gasteiger partial charge >= 0.3 is 21.1 Å². The summed E-state index contributed by atoms with van der Waals surface area (Å²) >= 11 is -5.92. The van der Waals surface area contributed by atoms with Gasteiger partial charge in [-0.2, -0.15) is 0 Å². The summed E-state index contributed by atoms with van der Waals surface area (Å²) in [7, 11) is 0. The van der Waals surface area contributed by atoms with Gasteiger partial charge < -0.3 is 9.11 Å². The van der Waals surface area contributed by atoms with E-state index >= 15 is 0 Å². The summed E-state index contributed by atoms with van der Waals surface area (Å²) in [5.41, 5.74) is 0. The van der Waals surface area contributed by atoms with Gasteiger partial charge in [0.05, 0.1) is 22.7 Å². The van der Waals surface area contributed by atoms with Gasteiger partial charge in [0.15, 0.2) is 0 Å². The van der Waals surface area contributed by atoms with Gasteiger partial charge in [-0.3, -0.25) is 0 Å². The summed E-state index contributed by atoms with van der Waals surface area (Å²) in [5, 5.41) is 0. The van der Waals surface area contributed by atoms with Gasteiger partial charge in [0.25, 0.3) is 0 Å². The molecule has 0 radical (unpaired) electrons. The average Bonchev–Trinajstić information content (AvgIpc) is 1.27. The van der Waals surface area contributed by atoms with E-state index in [1.165, 1.54) is 0 Å². The largest absolute Gasteiger partial charge is 2.00 e. The van der Waals surface area contributed by atoms with E-state index in [9.17, 15) is 17.5 Å². The molecule has 0 heterocycles. The molecule has 0 aromatic rings. The van der Waals surface area contributed by atoms with Crippen LogP contribution >= 0.6 is 0 Å². The van der Waals surface area contributed by atoms with Gasteiger partial charge in [-0.05, 0) is 0 Å². The fraction of sp³-hybridized carbons (Fsp3) is 0. The third kappa shape index (κ3) is 9.98. The summed E-state index contributed by atoms with van der Waals surface area (Å²) < 4.78 is 39.9. The molecule has 0 saturated heterocycles. The van der Waals surface area contributed by atoms with Crippen molar-refractivity contribution in [3.8, 4) is 0 Å². The minimum absolute atomic E-state index is 0. The SMILES string of the molecule is O=S([O-])OS(=O)[O-].[Pt+2]. The van der Waals surface area contributed by atoms with E-state index < -0.39 is 22.7 Å². The Morgan fingerprint density at radius 1 is 1.12 bits per heavy atom. The van der Waals surface area contributed by atoms with Gasteiger partial charge in [0, 0.05) is 0 Å². The Morgan fingerprint density at radius 2 is 1.38 bits per heavy atom.